The first-order valence-corrected chi connectivity index (χ1v) is 3.78. The van der Waals surface area contributed by atoms with E-state index < -0.39 is 0 Å². The minimum atomic E-state index is -0.00625. The van der Waals surface area contributed by atoms with Crippen LogP contribution in [0.25, 0.3) is 0 Å². The molecule has 1 aliphatic rings. The van der Waals surface area contributed by atoms with Gasteiger partial charge in [-0.25, -0.2) is 0 Å². The Balaban J connectivity index is 2.38. The summed E-state index contributed by atoms with van der Waals surface area (Å²) in [7, 11) is 0. The van der Waals surface area contributed by atoms with Crippen LogP contribution in [0.5, 0.6) is 0 Å². The van der Waals surface area contributed by atoms with Crippen molar-refractivity contribution in [2.75, 3.05) is 6.61 Å². The predicted molar refractivity (Wildman–Crippen MR) is 42.3 cm³/mol. The van der Waals surface area contributed by atoms with Gasteiger partial charge in [0.1, 0.15) is 5.60 Å². The number of hydrogen-bond acceptors (Lipinski definition) is 2. The second kappa shape index (κ2) is 2.05. The molecule has 1 aliphatic heterocycles. The fourth-order valence-electron chi connectivity index (χ4n) is 1.15. The van der Waals surface area contributed by atoms with Gasteiger partial charge in [0.2, 0.25) is 0 Å². The van der Waals surface area contributed by atoms with E-state index in [0.29, 0.717) is 0 Å². The van der Waals surface area contributed by atoms with Crippen LogP contribution in [0.15, 0.2) is 18.3 Å². The van der Waals surface area contributed by atoms with Gasteiger partial charge in [0.25, 0.3) is 0 Å². The second-order valence-corrected chi connectivity index (χ2v) is 3.21. The topological polar surface area (TPSA) is 25.4 Å². The zero-order chi connectivity index (χ0) is 7.90. The fraction of sp³-hybridized carbons (Fsp3) is 0.444. The number of hydrogen-bond donors (Lipinski definition) is 0. The number of rotatable bonds is 1. The van der Waals surface area contributed by atoms with Gasteiger partial charge in [-0.1, -0.05) is 0 Å². The molecular weight excluding hydrogens is 138 g/mol. The summed E-state index contributed by atoms with van der Waals surface area (Å²) in [6, 6.07) is 4.09. The molecular formula is C9H11NO. The molecule has 0 amide bonds. The number of epoxide rings is 1. The fourth-order valence-corrected chi connectivity index (χ4v) is 1.15. The summed E-state index contributed by atoms with van der Waals surface area (Å²) in [5.41, 5.74) is 2.29. The SMILES string of the molecule is Cc1cc(C2(C)CO2)ccn1. The van der Waals surface area contributed by atoms with E-state index >= 15 is 0 Å². The van der Waals surface area contributed by atoms with Crippen LogP contribution in [0.3, 0.4) is 0 Å². The van der Waals surface area contributed by atoms with Crippen LogP contribution in [0, 0.1) is 6.92 Å². The van der Waals surface area contributed by atoms with Gasteiger partial charge in [-0.05, 0) is 31.5 Å². The Bertz CT molecular complexity index is 279. The summed E-state index contributed by atoms with van der Waals surface area (Å²) in [6.07, 6.45) is 1.83. The average molecular weight is 149 g/mol. The summed E-state index contributed by atoms with van der Waals surface area (Å²) in [5.74, 6) is 0. The Morgan fingerprint density at radius 2 is 2.36 bits per heavy atom. The van der Waals surface area contributed by atoms with E-state index in [2.05, 4.69) is 18.0 Å². The van der Waals surface area contributed by atoms with Gasteiger partial charge in [-0.15, -0.1) is 0 Å². The molecule has 1 atom stereocenters. The number of aryl methyl sites for hydroxylation is 1. The van der Waals surface area contributed by atoms with Crippen molar-refractivity contribution in [3.8, 4) is 0 Å². The van der Waals surface area contributed by atoms with Crippen molar-refractivity contribution in [1.29, 1.82) is 0 Å². The number of pyridine rings is 1. The van der Waals surface area contributed by atoms with E-state index in [0.717, 1.165) is 12.3 Å². The molecule has 2 nitrogen and oxygen atoms in total. The molecule has 1 saturated heterocycles. The van der Waals surface area contributed by atoms with Gasteiger partial charge in [0, 0.05) is 11.9 Å². The normalized spacial score (nSPS) is 28.5. The standard InChI is InChI=1S/C9H11NO/c1-7-5-8(3-4-10-7)9(2)6-11-9/h3-5H,6H2,1-2H3. The molecule has 2 rings (SSSR count). The summed E-state index contributed by atoms with van der Waals surface area (Å²) in [6.45, 7) is 4.94. The van der Waals surface area contributed by atoms with Crippen molar-refractivity contribution in [2.45, 2.75) is 19.4 Å². The summed E-state index contributed by atoms with van der Waals surface area (Å²) in [5, 5.41) is 0. The van der Waals surface area contributed by atoms with E-state index in [4.69, 9.17) is 4.74 Å². The van der Waals surface area contributed by atoms with Crippen LogP contribution in [0.1, 0.15) is 18.2 Å². The summed E-state index contributed by atoms with van der Waals surface area (Å²) >= 11 is 0. The largest absolute Gasteiger partial charge is 0.365 e. The third-order valence-corrected chi connectivity index (χ3v) is 2.08. The number of nitrogens with zero attached hydrogens (tertiary/aromatic N) is 1. The first kappa shape index (κ1) is 6.80. The molecule has 11 heavy (non-hydrogen) atoms. The van der Waals surface area contributed by atoms with Crippen LogP contribution in [0.2, 0.25) is 0 Å². The lowest BCUT2D eigenvalue weighted by Crippen LogP contribution is -2.02. The maximum atomic E-state index is 5.31. The minimum absolute atomic E-state index is 0.00625. The number of ether oxygens (including phenoxy) is 1. The van der Waals surface area contributed by atoms with Crippen molar-refractivity contribution in [3.63, 3.8) is 0 Å². The molecule has 58 valence electrons. The quantitative estimate of drug-likeness (QED) is 0.567. The Hall–Kier alpha value is -0.890. The van der Waals surface area contributed by atoms with Crippen LogP contribution in [0.4, 0.5) is 0 Å². The monoisotopic (exact) mass is 149 g/mol. The zero-order valence-corrected chi connectivity index (χ0v) is 6.79. The third-order valence-electron chi connectivity index (χ3n) is 2.08. The first-order valence-electron chi connectivity index (χ1n) is 3.78. The van der Waals surface area contributed by atoms with Crippen LogP contribution in [-0.4, -0.2) is 11.6 Å². The van der Waals surface area contributed by atoms with E-state index in [9.17, 15) is 0 Å². The average Bonchev–Trinajstić information content (AvgIpc) is 2.70. The highest BCUT2D eigenvalue weighted by Gasteiger charge is 2.41. The maximum Gasteiger partial charge on any atom is 0.114 e. The molecule has 2 heteroatoms. The molecule has 0 aliphatic carbocycles. The molecule has 1 aromatic rings. The van der Waals surface area contributed by atoms with Crippen LogP contribution < -0.4 is 0 Å². The van der Waals surface area contributed by atoms with E-state index in [-0.39, 0.29) is 5.60 Å². The molecule has 0 spiro atoms. The molecule has 2 heterocycles. The number of aromatic nitrogens is 1. The highest BCUT2D eigenvalue weighted by Crippen LogP contribution is 2.37. The van der Waals surface area contributed by atoms with E-state index in [1.807, 2.05) is 19.2 Å². The summed E-state index contributed by atoms with van der Waals surface area (Å²) in [4.78, 5) is 4.13. The van der Waals surface area contributed by atoms with Gasteiger partial charge >= 0.3 is 0 Å². The lowest BCUT2D eigenvalue weighted by Gasteiger charge is -2.04. The maximum absolute atomic E-state index is 5.31. The highest BCUT2D eigenvalue weighted by molar-refractivity contribution is 5.25. The van der Waals surface area contributed by atoms with E-state index in [1.54, 1.807) is 0 Å². The molecule has 1 unspecified atom stereocenters. The smallest absolute Gasteiger partial charge is 0.114 e. The molecule has 0 saturated carbocycles. The van der Waals surface area contributed by atoms with Crippen molar-refractivity contribution < 1.29 is 4.74 Å². The van der Waals surface area contributed by atoms with E-state index in [1.165, 1.54) is 5.56 Å². The van der Waals surface area contributed by atoms with Crippen molar-refractivity contribution in [2.24, 2.45) is 0 Å². The van der Waals surface area contributed by atoms with Gasteiger partial charge in [0.15, 0.2) is 0 Å². The molecule has 0 N–H and O–H groups in total. The van der Waals surface area contributed by atoms with Gasteiger partial charge in [-0.3, -0.25) is 4.98 Å². The molecule has 1 fully saturated rings. The minimum Gasteiger partial charge on any atom is -0.365 e. The Morgan fingerprint density at radius 3 is 2.91 bits per heavy atom. The molecule has 0 aromatic carbocycles. The molecule has 0 bridgehead atoms. The molecule has 1 aromatic heterocycles. The van der Waals surface area contributed by atoms with Crippen LogP contribution >= 0.6 is 0 Å². The Labute approximate surface area is 66.2 Å². The van der Waals surface area contributed by atoms with Crippen LogP contribution in [-0.2, 0) is 10.3 Å². The van der Waals surface area contributed by atoms with Gasteiger partial charge in [0.05, 0.1) is 6.61 Å². The predicted octanol–water partition coefficient (Wildman–Crippen LogP) is 1.64. The van der Waals surface area contributed by atoms with Gasteiger partial charge in [-0.2, -0.15) is 0 Å². The lowest BCUT2D eigenvalue weighted by atomic mass is 10.0. The lowest BCUT2D eigenvalue weighted by molar-refractivity contribution is 0.329. The molecule has 0 radical (unpaired) electrons. The first-order chi connectivity index (χ1) is 5.21. The third kappa shape index (κ3) is 1.14. The highest BCUT2D eigenvalue weighted by atomic mass is 16.6. The van der Waals surface area contributed by atoms with Crippen molar-refractivity contribution in [3.05, 3.63) is 29.6 Å². The second-order valence-electron chi connectivity index (χ2n) is 3.21. The van der Waals surface area contributed by atoms with Gasteiger partial charge < -0.3 is 4.74 Å². The zero-order valence-electron chi connectivity index (χ0n) is 6.79. The summed E-state index contributed by atoms with van der Waals surface area (Å²) < 4.78 is 5.31. The van der Waals surface area contributed by atoms with Crippen molar-refractivity contribution in [1.82, 2.24) is 4.98 Å². The Kier molecular flexibility index (Phi) is 1.26. The Morgan fingerprint density at radius 1 is 1.64 bits per heavy atom. The van der Waals surface area contributed by atoms with Crippen molar-refractivity contribution >= 4 is 0 Å².